The van der Waals surface area contributed by atoms with Gasteiger partial charge in [0.2, 0.25) is 0 Å². The predicted octanol–water partition coefficient (Wildman–Crippen LogP) is 1.47. The number of carboxylic acid groups (broad SMARTS) is 1. The molecule has 1 aromatic rings. The normalized spacial score (nSPS) is 14.8. The number of aliphatic carboxylic acids is 1. The highest BCUT2D eigenvalue weighted by Gasteiger charge is 2.21. The third-order valence-electron chi connectivity index (χ3n) is 3.66. The lowest BCUT2D eigenvalue weighted by atomic mass is 10.0. The van der Waals surface area contributed by atoms with Gasteiger partial charge in [-0.1, -0.05) is 0 Å². The molecule has 114 valence electrons. The molecule has 0 saturated carbocycles. The molecule has 0 aromatic heterocycles. The monoisotopic (exact) mass is 292 g/mol. The zero-order chi connectivity index (χ0) is 15.4. The molecule has 21 heavy (non-hydrogen) atoms. The Labute approximate surface area is 123 Å². The maximum absolute atomic E-state index is 12.5. The van der Waals surface area contributed by atoms with Crippen molar-refractivity contribution < 1.29 is 19.4 Å². The minimum absolute atomic E-state index is 0.0215. The third kappa shape index (κ3) is 3.72. The molecule has 1 aliphatic rings. The van der Waals surface area contributed by atoms with Gasteiger partial charge >= 0.3 is 5.97 Å². The zero-order valence-electron chi connectivity index (χ0n) is 12.3. The summed E-state index contributed by atoms with van der Waals surface area (Å²) in [6.45, 7) is 3.47. The van der Waals surface area contributed by atoms with E-state index in [1.807, 2.05) is 0 Å². The molecular weight excluding hydrogens is 272 g/mol. The van der Waals surface area contributed by atoms with Crippen LogP contribution in [-0.4, -0.2) is 54.5 Å². The highest BCUT2D eigenvalue weighted by atomic mass is 16.5. The molecule has 1 atom stereocenters. The topological polar surface area (TPSA) is 78.9 Å². The molecule has 6 heteroatoms. The van der Waals surface area contributed by atoms with E-state index in [-0.39, 0.29) is 18.2 Å². The molecule has 1 aromatic carbocycles. The quantitative estimate of drug-likeness (QED) is 0.773. The minimum atomic E-state index is -0.864. The van der Waals surface area contributed by atoms with Gasteiger partial charge in [-0.25, -0.2) is 0 Å². The van der Waals surface area contributed by atoms with Gasteiger partial charge in [-0.2, -0.15) is 0 Å². The van der Waals surface area contributed by atoms with Crippen LogP contribution in [0.25, 0.3) is 0 Å². The number of hydrogen-bond acceptors (Lipinski definition) is 5. The number of anilines is 1. The van der Waals surface area contributed by atoms with Gasteiger partial charge in [0, 0.05) is 18.7 Å². The van der Waals surface area contributed by atoms with E-state index in [4.69, 9.17) is 9.84 Å². The van der Waals surface area contributed by atoms with E-state index in [0.717, 1.165) is 18.0 Å². The van der Waals surface area contributed by atoms with E-state index < -0.39 is 5.97 Å². The molecule has 0 saturated heterocycles. The fraction of sp³-hybridized carbons (Fsp3) is 0.467. The number of likely N-dealkylation sites (N-methyl/N-ethyl adjacent to an activating group) is 1. The number of ketones is 1. The molecule has 0 radical (unpaired) electrons. The molecule has 1 aliphatic heterocycles. The second kappa shape index (κ2) is 6.58. The summed E-state index contributed by atoms with van der Waals surface area (Å²) >= 11 is 0. The number of rotatable bonds is 6. The Morgan fingerprint density at radius 3 is 2.95 bits per heavy atom. The molecular formula is C15H20N2O4. The van der Waals surface area contributed by atoms with Gasteiger partial charge in [-0.3, -0.25) is 14.5 Å². The summed E-state index contributed by atoms with van der Waals surface area (Å²) in [5.74, 6) is -0.139. The standard InChI is InChI=1S/C15H20N2O4/c1-10(17(2)7-5-14(18)19)15(20)11-3-4-13-12(9-11)16-6-8-21-13/h3-4,9-10,16H,5-8H2,1-2H3,(H,18,19). The van der Waals surface area contributed by atoms with Gasteiger partial charge < -0.3 is 15.2 Å². The van der Waals surface area contributed by atoms with E-state index in [2.05, 4.69) is 5.32 Å². The van der Waals surface area contributed by atoms with Crippen LogP contribution in [0.1, 0.15) is 23.7 Å². The molecule has 0 bridgehead atoms. The fourth-order valence-electron chi connectivity index (χ4n) is 2.20. The van der Waals surface area contributed by atoms with Gasteiger partial charge in [0.25, 0.3) is 0 Å². The minimum Gasteiger partial charge on any atom is -0.490 e. The van der Waals surface area contributed by atoms with Crippen LogP contribution in [0.4, 0.5) is 5.69 Å². The Morgan fingerprint density at radius 2 is 2.24 bits per heavy atom. The lowest BCUT2D eigenvalue weighted by molar-refractivity contribution is -0.137. The Kier molecular flexibility index (Phi) is 4.80. The van der Waals surface area contributed by atoms with Crippen LogP contribution in [0, 0.1) is 0 Å². The first kappa shape index (κ1) is 15.3. The third-order valence-corrected chi connectivity index (χ3v) is 3.66. The number of Topliss-reactive ketones (excluding diaryl/α,β-unsaturated/α-hetero) is 1. The molecule has 0 fully saturated rings. The Balaban J connectivity index is 2.06. The fourth-order valence-corrected chi connectivity index (χ4v) is 2.20. The number of carboxylic acids is 1. The average Bonchev–Trinajstić information content (AvgIpc) is 2.50. The molecule has 1 unspecified atom stereocenters. The summed E-state index contributed by atoms with van der Waals surface area (Å²) < 4.78 is 5.48. The molecule has 0 aliphatic carbocycles. The summed E-state index contributed by atoms with van der Waals surface area (Å²) in [4.78, 5) is 24.8. The van der Waals surface area contributed by atoms with Gasteiger partial charge in [0.15, 0.2) is 5.78 Å². The van der Waals surface area contributed by atoms with E-state index in [1.54, 1.807) is 37.1 Å². The number of nitrogens with zero attached hydrogens (tertiary/aromatic N) is 1. The van der Waals surface area contributed by atoms with Gasteiger partial charge in [0.05, 0.1) is 18.2 Å². The first-order valence-electron chi connectivity index (χ1n) is 6.96. The van der Waals surface area contributed by atoms with E-state index in [0.29, 0.717) is 18.7 Å². The van der Waals surface area contributed by atoms with Crippen LogP contribution >= 0.6 is 0 Å². The van der Waals surface area contributed by atoms with Crippen LogP contribution in [0.3, 0.4) is 0 Å². The number of hydrogen-bond donors (Lipinski definition) is 2. The van der Waals surface area contributed by atoms with Crippen LogP contribution in [-0.2, 0) is 4.79 Å². The number of ether oxygens (including phenoxy) is 1. The summed E-state index contributed by atoms with van der Waals surface area (Å²) in [7, 11) is 1.76. The molecule has 6 nitrogen and oxygen atoms in total. The first-order chi connectivity index (χ1) is 9.99. The number of carbonyl (C=O) groups is 2. The smallest absolute Gasteiger partial charge is 0.304 e. The van der Waals surface area contributed by atoms with Crippen molar-refractivity contribution in [3.63, 3.8) is 0 Å². The molecule has 2 rings (SSSR count). The van der Waals surface area contributed by atoms with Crippen molar-refractivity contribution in [2.75, 3.05) is 32.1 Å². The summed E-state index contributed by atoms with van der Waals surface area (Å²) in [5, 5.41) is 11.9. The maximum Gasteiger partial charge on any atom is 0.304 e. The van der Waals surface area contributed by atoms with Crippen LogP contribution in [0.15, 0.2) is 18.2 Å². The van der Waals surface area contributed by atoms with Crippen LogP contribution < -0.4 is 10.1 Å². The van der Waals surface area contributed by atoms with Crippen molar-refractivity contribution in [2.24, 2.45) is 0 Å². The van der Waals surface area contributed by atoms with Crippen molar-refractivity contribution in [1.82, 2.24) is 4.90 Å². The van der Waals surface area contributed by atoms with Gasteiger partial charge in [0.1, 0.15) is 12.4 Å². The Bertz CT molecular complexity index is 544. The van der Waals surface area contributed by atoms with E-state index in [9.17, 15) is 9.59 Å². The van der Waals surface area contributed by atoms with E-state index >= 15 is 0 Å². The number of benzene rings is 1. The zero-order valence-corrected chi connectivity index (χ0v) is 12.3. The highest BCUT2D eigenvalue weighted by Crippen LogP contribution is 2.28. The SMILES string of the molecule is CC(C(=O)c1ccc2c(c1)NCCO2)N(C)CCC(=O)O. The maximum atomic E-state index is 12.5. The lowest BCUT2D eigenvalue weighted by Gasteiger charge is -2.24. The largest absolute Gasteiger partial charge is 0.490 e. The van der Waals surface area contributed by atoms with Crippen molar-refractivity contribution in [3.8, 4) is 5.75 Å². The van der Waals surface area contributed by atoms with Crippen molar-refractivity contribution in [1.29, 1.82) is 0 Å². The first-order valence-corrected chi connectivity index (χ1v) is 6.96. The number of carbonyl (C=O) groups excluding carboxylic acids is 1. The van der Waals surface area contributed by atoms with E-state index in [1.165, 1.54) is 0 Å². The van der Waals surface area contributed by atoms with Gasteiger partial charge in [-0.15, -0.1) is 0 Å². The second-order valence-electron chi connectivity index (χ2n) is 5.15. The summed E-state index contributed by atoms with van der Waals surface area (Å²) in [6, 6.07) is 4.96. The lowest BCUT2D eigenvalue weighted by Crippen LogP contribution is -2.37. The molecule has 1 heterocycles. The number of nitrogens with one attached hydrogen (secondary N) is 1. The summed E-state index contributed by atoms with van der Waals surface area (Å²) in [6.07, 6.45) is 0.0215. The van der Waals surface area contributed by atoms with Crippen LogP contribution in [0.5, 0.6) is 5.75 Å². The van der Waals surface area contributed by atoms with Crippen molar-refractivity contribution in [2.45, 2.75) is 19.4 Å². The van der Waals surface area contributed by atoms with Crippen LogP contribution in [0.2, 0.25) is 0 Å². The highest BCUT2D eigenvalue weighted by molar-refractivity contribution is 6.01. The second-order valence-corrected chi connectivity index (χ2v) is 5.15. The average molecular weight is 292 g/mol. The molecule has 0 amide bonds. The van der Waals surface area contributed by atoms with Crippen molar-refractivity contribution in [3.05, 3.63) is 23.8 Å². The molecule has 0 spiro atoms. The Morgan fingerprint density at radius 1 is 1.48 bits per heavy atom. The van der Waals surface area contributed by atoms with Crippen molar-refractivity contribution >= 4 is 17.4 Å². The van der Waals surface area contributed by atoms with Gasteiger partial charge in [-0.05, 0) is 32.2 Å². The Hall–Kier alpha value is -2.08. The predicted molar refractivity (Wildman–Crippen MR) is 79.1 cm³/mol. The summed E-state index contributed by atoms with van der Waals surface area (Å²) in [5.41, 5.74) is 1.42. The molecule has 2 N–H and O–H groups in total. The number of fused-ring (bicyclic) bond motifs is 1.